The molecule has 2 aromatic carbocycles. The van der Waals surface area contributed by atoms with E-state index in [-0.39, 0.29) is 30.1 Å². The fourth-order valence-corrected chi connectivity index (χ4v) is 2.49. The molecule has 0 saturated heterocycles. The molecule has 2 heterocycles. The maximum atomic E-state index is 12.2. The van der Waals surface area contributed by atoms with Crippen LogP contribution in [-0.4, -0.2) is 20.9 Å². The van der Waals surface area contributed by atoms with Crippen molar-refractivity contribution in [3.63, 3.8) is 0 Å². The zero-order valence-corrected chi connectivity index (χ0v) is 14.1. The number of hydrogen-bond donors (Lipinski definition) is 2. The van der Waals surface area contributed by atoms with E-state index in [1.165, 1.54) is 0 Å². The molecule has 4 aromatic rings. The van der Waals surface area contributed by atoms with Crippen molar-refractivity contribution < 1.29 is 13.9 Å². The third-order valence-electron chi connectivity index (χ3n) is 3.69. The van der Waals surface area contributed by atoms with Crippen molar-refractivity contribution in [1.29, 1.82) is 0 Å². The predicted molar refractivity (Wildman–Crippen MR) is 99.3 cm³/mol. The van der Waals surface area contributed by atoms with E-state index in [1.807, 2.05) is 48.5 Å². The second-order valence-corrected chi connectivity index (χ2v) is 5.65. The van der Waals surface area contributed by atoms with Crippen LogP contribution in [0.4, 0.5) is 17.6 Å². The summed E-state index contributed by atoms with van der Waals surface area (Å²) >= 11 is 0. The van der Waals surface area contributed by atoms with Gasteiger partial charge in [-0.1, -0.05) is 36.4 Å². The van der Waals surface area contributed by atoms with Gasteiger partial charge in [-0.15, -0.1) is 0 Å². The molecule has 0 spiro atoms. The molecule has 134 valence electrons. The van der Waals surface area contributed by atoms with Crippen LogP contribution in [-0.2, 0) is 11.3 Å². The number of anilines is 3. The Hall–Kier alpha value is -3.94. The van der Waals surface area contributed by atoms with Crippen LogP contribution in [0, 0.1) is 0 Å². The SMILES string of the molecule is Nc1nc(COC(=O)c2cc3ccccc3o2)nc(Nc2ccccc2)n1. The fraction of sp³-hybridized carbons (Fsp3) is 0.0526. The number of nitrogens with zero attached hydrogens (tertiary/aromatic N) is 3. The van der Waals surface area contributed by atoms with E-state index in [1.54, 1.807) is 12.1 Å². The van der Waals surface area contributed by atoms with Crippen LogP contribution in [0.3, 0.4) is 0 Å². The number of para-hydroxylation sites is 2. The van der Waals surface area contributed by atoms with Gasteiger partial charge in [-0.3, -0.25) is 0 Å². The summed E-state index contributed by atoms with van der Waals surface area (Å²) in [5.41, 5.74) is 7.13. The Balaban J connectivity index is 1.46. The van der Waals surface area contributed by atoms with Gasteiger partial charge in [0, 0.05) is 11.1 Å². The van der Waals surface area contributed by atoms with Crippen LogP contribution in [0.25, 0.3) is 11.0 Å². The number of hydrogen-bond acceptors (Lipinski definition) is 8. The first-order valence-corrected chi connectivity index (χ1v) is 8.15. The number of nitrogen functional groups attached to an aromatic ring is 1. The number of nitrogens with two attached hydrogens (primary N) is 1. The van der Waals surface area contributed by atoms with E-state index in [2.05, 4.69) is 20.3 Å². The summed E-state index contributed by atoms with van der Waals surface area (Å²) in [6.45, 7) is -0.161. The minimum absolute atomic E-state index is 0.0261. The highest BCUT2D eigenvalue weighted by atomic mass is 16.5. The molecule has 0 aliphatic carbocycles. The summed E-state index contributed by atoms with van der Waals surface area (Å²) in [5, 5.41) is 3.84. The first-order valence-electron chi connectivity index (χ1n) is 8.15. The third-order valence-corrected chi connectivity index (χ3v) is 3.69. The number of aromatic nitrogens is 3. The molecule has 0 aliphatic heterocycles. The van der Waals surface area contributed by atoms with E-state index in [0.29, 0.717) is 5.58 Å². The summed E-state index contributed by atoms with van der Waals surface area (Å²) in [7, 11) is 0. The van der Waals surface area contributed by atoms with Crippen molar-refractivity contribution in [3.05, 3.63) is 72.2 Å². The monoisotopic (exact) mass is 361 g/mol. The highest BCUT2D eigenvalue weighted by Crippen LogP contribution is 2.20. The molecule has 8 nitrogen and oxygen atoms in total. The highest BCUT2D eigenvalue weighted by molar-refractivity contribution is 5.92. The Labute approximate surface area is 154 Å². The van der Waals surface area contributed by atoms with Gasteiger partial charge >= 0.3 is 5.97 Å². The molecule has 0 radical (unpaired) electrons. The van der Waals surface area contributed by atoms with Gasteiger partial charge in [-0.25, -0.2) is 4.79 Å². The van der Waals surface area contributed by atoms with Crippen LogP contribution >= 0.6 is 0 Å². The Morgan fingerprint density at radius 1 is 1.04 bits per heavy atom. The molecule has 2 aromatic heterocycles. The van der Waals surface area contributed by atoms with E-state index >= 15 is 0 Å². The Bertz CT molecular complexity index is 1060. The number of esters is 1. The molecule has 0 bridgehead atoms. The van der Waals surface area contributed by atoms with E-state index in [0.717, 1.165) is 11.1 Å². The number of ether oxygens (including phenoxy) is 1. The highest BCUT2D eigenvalue weighted by Gasteiger charge is 2.15. The number of rotatable bonds is 5. The van der Waals surface area contributed by atoms with Crippen molar-refractivity contribution in [2.45, 2.75) is 6.61 Å². The molecule has 0 fully saturated rings. The normalized spacial score (nSPS) is 10.7. The minimum atomic E-state index is -0.609. The van der Waals surface area contributed by atoms with E-state index in [4.69, 9.17) is 14.9 Å². The lowest BCUT2D eigenvalue weighted by Gasteiger charge is -2.07. The van der Waals surface area contributed by atoms with Crippen molar-refractivity contribution >= 4 is 34.5 Å². The maximum absolute atomic E-state index is 12.2. The van der Waals surface area contributed by atoms with Gasteiger partial charge in [0.1, 0.15) is 5.58 Å². The van der Waals surface area contributed by atoms with Gasteiger partial charge in [0.25, 0.3) is 0 Å². The van der Waals surface area contributed by atoms with Crippen molar-refractivity contribution in [2.75, 3.05) is 11.1 Å². The fourth-order valence-electron chi connectivity index (χ4n) is 2.49. The largest absolute Gasteiger partial charge is 0.452 e. The second kappa shape index (κ2) is 7.12. The van der Waals surface area contributed by atoms with Crippen molar-refractivity contribution in [2.24, 2.45) is 0 Å². The first-order chi connectivity index (χ1) is 13.2. The predicted octanol–water partition coefficient (Wildman–Crippen LogP) is 3.30. The summed E-state index contributed by atoms with van der Waals surface area (Å²) in [6.07, 6.45) is 0. The minimum Gasteiger partial charge on any atom is -0.452 e. The van der Waals surface area contributed by atoms with Gasteiger partial charge in [0.05, 0.1) is 0 Å². The molecule has 27 heavy (non-hydrogen) atoms. The van der Waals surface area contributed by atoms with Crippen LogP contribution in [0.15, 0.2) is 65.1 Å². The average Bonchev–Trinajstić information content (AvgIpc) is 3.11. The van der Waals surface area contributed by atoms with Crippen LogP contribution in [0.2, 0.25) is 0 Å². The lowest BCUT2D eigenvalue weighted by molar-refractivity contribution is 0.0428. The zero-order valence-electron chi connectivity index (χ0n) is 14.1. The van der Waals surface area contributed by atoms with Gasteiger partial charge in [-0.2, -0.15) is 15.0 Å². The molecular weight excluding hydrogens is 346 g/mol. The van der Waals surface area contributed by atoms with Crippen LogP contribution in [0.5, 0.6) is 0 Å². The standard InChI is InChI=1S/C19H15N5O3/c20-18-22-16(23-19(24-18)21-13-7-2-1-3-8-13)11-26-17(25)15-10-12-6-4-5-9-14(12)27-15/h1-10H,11H2,(H3,20,21,22,23,24). The first kappa shape index (κ1) is 16.5. The molecule has 8 heteroatoms. The zero-order chi connectivity index (χ0) is 18.6. The number of carbonyl (C=O) groups excluding carboxylic acids is 1. The number of carbonyl (C=O) groups is 1. The molecular formula is C19H15N5O3. The van der Waals surface area contributed by atoms with Crippen molar-refractivity contribution in [1.82, 2.24) is 15.0 Å². The van der Waals surface area contributed by atoms with Gasteiger partial charge in [0.2, 0.25) is 17.7 Å². The molecule has 0 unspecified atom stereocenters. The maximum Gasteiger partial charge on any atom is 0.374 e. The van der Waals surface area contributed by atoms with Crippen LogP contribution < -0.4 is 11.1 Å². The number of furan rings is 1. The van der Waals surface area contributed by atoms with E-state index in [9.17, 15) is 4.79 Å². The molecule has 0 aliphatic rings. The quantitative estimate of drug-likeness (QED) is 0.520. The van der Waals surface area contributed by atoms with Crippen molar-refractivity contribution in [3.8, 4) is 0 Å². The Morgan fingerprint density at radius 2 is 1.81 bits per heavy atom. The number of benzene rings is 2. The summed E-state index contributed by atoms with van der Waals surface area (Å²) in [4.78, 5) is 24.5. The van der Waals surface area contributed by atoms with Gasteiger partial charge < -0.3 is 20.2 Å². The molecule has 3 N–H and O–H groups in total. The van der Waals surface area contributed by atoms with Crippen LogP contribution in [0.1, 0.15) is 16.4 Å². The number of fused-ring (bicyclic) bond motifs is 1. The Morgan fingerprint density at radius 3 is 2.63 bits per heavy atom. The third kappa shape index (κ3) is 3.84. The summed E-state index contributed by atoms with van der Waals surface area (Å²) in [6, 6.07) is 18.3. The smallest absolute Gasteiger partial charge is 0.374 e. The molecule has 0 saturated carbocycles. The molecule has 0 atom stereocenters. The lowest BCUT2D eigenvalue weighted by Crippen LogP contribution is -2.10. The van der Waals surface area contributed by atoms with Gasteiger partial charge in [0.15, 0.2) is 12.4 Å². The second-order valence-electron chi connectivity index (χ2n) is 5.65. The van der Waals surface area contributed by atoms with E-state index < -0.39 is 5.97 Å². The van der Waals surface area contributed by atoms with Gasteiger partial charge in [-0.05, 0) is 24.3 Å². The average molecular weight is 361 g/mol. The molecule has 0 amide bonds. The number of nitrogens with one attached hydrogen (secondary N) is 1. The topological polar surface area (TPSA) is 116 Å². The molecule has 4 rings (SSSR count). The Kier molecular flexibility index (Phi) is 4.36. The summed E-state index contributed by atoms with van der Waals surface area (Å²) < 4.78 is 10.7. The summed E-state index contributed by atoms with van der Waals surface area (Å²) in [5.74, 6) is 0.0238. The lowest BCUT2D eigenvalue weighted by atomic mass is 10.2.